The van der Waals surface area contributed by atoms with Crippen LogP contribution in [-0.2, 0) is 21.3 Å². The molecule has 0 saturated carbocycles. The lowest BCUT2D eigenvalue weighted by Crippen LogP contribution is -2.57. The minimum atomic E-state index is -0.980. The molecule has 3 rings (SSSR count). The van der Waals surface area contributed by atoms with Crippen molar-refractivity contribution in [1.29, 1.82) is 0 Å². The second-order valence-electron chi connectivity index (χ2n) is 7.94. The molecule has 1 saturated heterocycles. The molecule has 1 amide bonds. The Morgan fingerprint density at radius 2 is 2.00 bits per heavy atom. The molecule has 1 aromatic carbocycles. The molecular formula is C19H27NO4. The predicted molar refractivity (Wildman–Crippen MR) is 91.2 cm³/mol. The molecule has 132 valence electrons. The third kappa shape index (κ3) is 3.15. The average Bonchev–Trinajstić information content (AvgIpc) is 3.13. The van der Waals surface area contributed by atoms with Crippen LogP contribution in [0.5, 0.6) is 0 Å². The second kappa shape index (κ2) is 6.37. The minimum Gasteiger partial charge on any atom is -0.465 e. The fourth-order valence-corrected chi connectivity index (χ4v) is 4.48. The third-order valence-electron chi connectivity index (χ3n) is 5.30. The molecule has 5 nitrogen and oxygen atoms in total. The number of carbonyl (C=O) groups is 1. The summed E-state index contributed by atoms with van der Waals surface area (Å²) >= 11 is 0. The highest BCUT2D eigenvalue weighted by Crippen LogP contribution is 2.50. The lowest BCUT2D eigenvalue weighted by atomic mass is 9.64. The summed E-state index contributed by atoms with van der Waals surface area (Å²) in [6.45, 7) is 7.48. The van der Waals surface area contributed by atoms with Crippen molar-refractivity contribution in [2.45, 2.75) is 57.8 Å². The molecular weight excluding hydrogens is 306 g/mol. The Kier molecular flexibility index (Phi) is 4.58. The molecule has 24 heavy (non-hydrogen) atoms. The summed E-state index contributed by atoms with van der Waals surface area (Å²) in [7, 11) is 0. The molecule has 2 atom stereocenters. The molecule has 0 radical (unpaired) electrons. The normalized spacial score (nSPS) is 25.5. The van der Waals surface area contributed by atoms with Gasteiger partial charge in [0.1, 0.15) is 0 Å². The van der Waals surface area contributed by atoms with E-state index in [0.29, 0.717) is 19.6 Å². The van der Waals surface area contributed by atoms with Gasteiger partial charge in [0.25, 0.3) is 0 Å². The van der Waals surface area contributed by atoms with Crippen molar-refractivity contribution in [3.05, 3.63) is 35.4 Å². The number of ether oxygens (including phenoxy) is 2. The summed E-state index contributed by atoms with van der Waals surface area (Å²) < 4.78 is 11.5. The highest BCUT2D eigenvalue weighted by Gasteiger charge is 2.51. The first kappa shape index (κ1) is 17.2. The maximum absolute atomic E-state index is 11.5. The molecule has 1 aromatic rings. The van der Waals surface area contributed by atoms with E-state index in [-0.39, 0.29) is 23.2 Å². The van der Waals surface area contributed by atoms with E-state index in [9.17, 15) is 9.90 Å². The molecule has 1 aliphatic carbocycles. The average molecular weight is 333 g/mol. The van der Waals surface area contributed by atoms with Gasteiger partial charge >= 0.3 is 6.09 Å². The molecule has 1 aliphatic heterocycles. The van der Waals surface area contributed by atoms with E-state index in [1.54, 1.807) is 0 Å². The highest BCUT2D eigenvalue weighted by atomic mass is 16.7. The Balaban J connectivity index is 2.05. The van der Waals surface area contributed by atoms with Gasteiger partial charge in [-0.1, -0.05) is 45.0 Å². The fraction of sp³-hybridized carbons (Fsp3) is 0.632. The van der Waals surface area contributed by atoms with E-state index >= 15 is 0 Å². The topological polar surface area (TPSA) is 67.8 Å². The van der Waals surface area contributed by atoms with Gasteiger partial charge in [-0.2, -0.15) is 0 Å². The van der Waals surface area contributed by atoms with E-state index in [2.05, 4.69) is 38.2 Å². The maximum Gasteiger partial charge on any atom is 0.404 e. The molecule has 0 aromatic heterocycles. The first-order valence-electron chi connectivity index (χ1n) is 8.64. The van der Waals surface area contributed by atoms with E-state index in [1.807, 2.05) is 12.1 Å². The molecule has 1 heterocycles. The number of fused-ring (bicyclic) bond motifs is 1. The smallest absolute Gasteiger partial charge is 0.404 e. The van der Waals surface area contributed by atoms with E-state index in [0.717, 1.165) is 12.8 Å². The number of benzene rings is 1. The number of rotatable bonds is 4. The van der Waals surface area contributed by atoms with Crippen molar-refractivity contribution in [1.82, 2.24) is 5.32 Å². The van der Waals surface area contributed by atoms with Gasteiger partial charge in [-0.15, -0.1) is 0 Å². The van der Waals surface area contributed by atoms with Gasteiger partial charge in [0.05, 0.1) is 13.2 Å². The van der Waals surface area contributed by atoms with Crippen LogP contribution in [0.25, 0.3) is 0 Å². The Bertz CT molecular complexity index is 604. The Morgan fingerprint density at radius 1 is 1.33 bits per heavy atom. The van der Waals surface area contributed by atoms with Gasteiger partial charge < -0.3 is 19.9 Å². The molecule has 5 heteroatoms. The Hall–Kier alpha value is -1.59. The van der Waals surface area contributed by atoms with Gasteiger partial charge in [-0.3, -0.25) is 0 Å². The van der Waals surface area contributed by atoms with Crippen molar-refractivity contribution in [2.24, 2.45) is 5.41 Å². The van der Waals surface area contributed by atoms with Crippen LogP contribution in [0, 0.1) is 5.41 Å². The van der Waals surface area contributed by atoms with Crippen LogP contribution in [0.3, 0.4) is 0 Å². The van der Waals surface area contributed by atoms with Crippen LogP contribution in [0.2, 0.25) is 0 Å². The van der Waals surface area contributed by atoms with Crippen LogP contribution in [0.15, 0.2) is 24.3 Å². The minimum absolute atomic E-state index is 0.223. The van der Waals surface area contributed by atoms with E-state index in [4.69, 9.17) is 9.47 Å². The monoisotopic (exact) mass is 333 g/mol. The standard InChI is InChI=1S/C19H27NO4/c1-18(2,3)16(20-17(21)22)19(12-15-23-10-11-24-15)9-8-13-6-4-5-7-14(13)19/h4-7,15-16,20H,8-12H2,1-3H3,(H,21,22). The first-order valence-corrected chi connectivity index (χ1v) is 8.64. The van der Waals surface area contributed by atoms with Crippen LogP contribution in [-0.4, -0.2) is 36.7 Å². The maximum atomic E-state index is 11.5. The van der Waals surface area contributed by atoms with E-state index < -0.39 is 6.09 Å². The highest BCUT2D eigenvalue weighted by molar-refractivity contribution is 5.65. The molecule has 0 bridgehead atoms. The fourth-order valence-electron chi connectivity index (χ4n) is 4.48. The zero-order valence-electron chi connectivity index (χ0n) is 14.7. The number of aryl methyl sites for hydroxylation is 1. The number of nitrogens with one attached hydrogen (secondary N) is 1. The van der Waals surface area contributed by atoms with Crippen LogP contribution in [0.4, 0.5) is 4.79 Å². The lowest BCUT2D eigenvalue weighted by Gasteiger charge is -2.46. The second-order valence-corrected chi connectivity index (χ2v) is 7.94. The molecule has 2 unspecified atom stereocenters. The largest absolute Gasteiger partial charge is 0.465 e. The van der Waals surface area contributed by atoms with E-state index in [1.165, 1.54) is 11.1 Å². The summed E-state index contributed by atoms with van der Waals surface area (Å²) in [4.78, 5) is 11.5. The first-order chi connectivity index (χ1) is 11.3. The van der Waals surface area contributed by atoms with Crippen molar-refractivity contribution in [2.75, 3.05) is 13.2 Å². The van der Waals surface area contributed by atoms with Gasteiger partial charge in [0.15, 0.2) is 6.29 Å². The Labute approximate surface area is 143 Å². The van der Waals surface area contributed by atoms with Gasteiger partial charge in [-0.25, -0.2) is 4.79 Å². The summed E-state index contributed by atoms with van der Waals surface area (Å²) in [5.41, 5.74) is 1.99. The summed E-state index contributed by atoms with van der Waals surface area (Å²) in [5, 5.41) is 12.3. The van der Waals surface area contributed by atoms with Crippen molar-refractivity contribution in [3.8, 4) is 0 Å². The lowest BCUT2D eigenvalue weighted by molar-refractivity contribution is -0.0700. The number of carboxylic acid groups (broad SMARTS) is 1. The van der Waals surface area contributed by atoms with Gasteiger partial charge in [-0.05, 0) is 29.4 Å². The predicted octanol–water partition coefficient (Wildman–Crippen LogP) is 3.32. The summed E-state index contributed by atoms with van der Waals surface area (Å²) in [5.74, 6) is 0. The van der Waals surface area contributed by atoms with Crippen molar-refractivity contribution >= 4 is 6.09 Å². The van der Waals surface area contributed by atoms with Gasteiger partial charge in [0, 0.05) is 17.9 Å². The van der Waals surface area contributed by atoms with Crippen LogP contribution < -0.4 is 5.32 Å². The SMILES string of the molecule is CC(C)(C)C(NC(=O)O)C1(CC2OCCO2)CCc2ccccc21. The number of hydrogen-bond acceptors (Lipinski definition) is 3. The summed E-state index contributed by atoms with van der Waals surface area (Å²) in [6.07, 6.45) is 1.28. The van der Waals surface area contributed by atoms with Crippen LogP contribution >= 0.6 is 0 Å². The zero-order valence-corrected chi connectivity index (χ0v) is 14.7. The number of hydrogen-bond donors (Lipinski definition) is 2. The van der Waals surface area contributed by atoms with Crippen molar-refractivity contribution < 1.29 is 19.4 Å². The molecule has 0 spiro atoms. The third-order valence-corrected chi connectivity index (χ3v) is 5.30. The molecule has 2 aliphatic rings. The molecule has 1 fully saturated rings. The summed E-state index contributed by atoms with van der Waals surface area (Å²) in [6, 6.07) is 8.15. The quantitative estimate of drug-likeness (QED) is 0.887. The molecule has 2 N–H and O–H groups in total. The zero-order chi connectivity index (χ0) is 17.4. The van der Waals surface area contributed by atoms with Gasteiger partial charge in [0.2, 0.25) is 0 Å². The number of amides is 1. The Morgan fingerprint density at radius 3 is 2.62 bits per heavy atom. The van der Waals surface area contributed by atoms with Crippen LogP contribution in [0.1, 0.15) is 44.7 Å². The van der Waals surface area contributed by atoms with Crippen molar-refractivity contribution in [3.63, 3.8) is 0 Å².